The predicted octanol–water partition coefficient (Wildman–Crippen LogP) is 1.96. The predicted molar refractivity (Wildman–Crippen MR) is 69.2 cm³/mol. The Bertz CT molecular complexity index is 578. The normalized spacial score (nSPS) is 10.7. The molecule has 0 bridgehead atoms. The van der Waals surface area contributed by atoms with Crippen LogP contribution in [0.15, 0.2) is 24.8 Å². The van der Waals surface area contributed by atoms with E-state index in [0.717, 1.165) is 5.69 Å². The molecule has 0 amide bonds. The zero-order chi connectivity index (χ0) is 13.8. The van der Waals surface area contributed by atoms with Crippen LogP contribution in [-0.4, -0.2) is 32.3 Å². The summed E-state index contributed by atoms with van der Waals surface area (Å²) < 4.78 is 6.46. The van der Waals surface area contributed by atoms with Gasteiger partial charge in [0, 0.05) is 18.0 Å². The molecule has 0 aliphatic carbocycles. The van der Waals surface area contributed by atoms with Gasteiger partial charge in [-0.15, -0.1) is 0 Å². The van der Waals surface area contributed by atoms with E-state index in [1.165, 1.54) is 12.5 Å². The Hall–Kier alpha value is -2.24. The fourth-order valence-corrected chi connectivity index (χ4v) is 1.57. The van der Waals surface area contributed by atoms with Crippen molar-refractivity contribution in [3.8, 4) is 5.82 Å². The number of esters is 1. The topological polar surface area (TPSA) is 69.9 Å². The third-order valence-corrected chi connectivity index (χ3v) is 2.59. The van der Waals surface area contributed by atoms with Crippen molar-refractivity contribution >= 4 is 5.97 Å². The van der Waals surface area contributed by atoms with E-state index in [1.54, 1.807) is 17.8 Å². The van der Waals surface area contributed by atoms with Crippen LogP contribution >= 0.6 is 0 Å². The highest BCUT2D eigenvalue weighted by Crippen LogP contribution is 2.13. The number of aromatic nitrogens is 4. The Morgan fingerprint density at radius 3 is 2.89 bits per heavy atom. The van der Waals surface area contributed by atoms with Crippen molar-refractivity contribution in [2.24, 2.45) is 0 Å². The summed E-state index contributed by atoms with van der Waals surface area (Å²) in [6, 6.07) is 1.85. The number of hydrogen-bond acceptors (Lipinski definition) is 5. The van der Waals surface area contributed by atoms with Crippen LogP contribution < -0.4 is 0 Å². The first-order chi connectivity index (χ1) is 9.11. The van der Waals surface area contributed by atoms with Gasteiger partial charge in [0.2, 0.25) is 0 Å². The fraction of sp³-hybridized carbons (Fsp3) is 0.385. The molecule has 19 heavy (non-hydrogen) atoms. The largest absolute Gasteiger partial charge is 0.462 e. The number of rotatable bonds is 4. The van der Waals surface area contributed by atoms with Crippen LogP contribution in [0.1, 0.15) is 42.7 Å². The molecule has 2 aromatic heterocycles. The van der Waals surface area contributed by atoms with Crippen LogP contribution in [0.5, 0.6) is 0 Å². The van der Waals surface area contributed by atoms with Gasteiger partial charge >= 0.3 is 5.97 Å². The highest BCUT2D eigenvalue weighted by Gasteiger charge is 2.11. The van der Waals surface area contributed by atoms with E-state index in [2.05, 4.69) is 28.9 Å². The summed E-state index contributed by atoms with van der Waals surface area (Å²) in [4.78, 5) is 19.9. The first-order valence-electron chi connectivity index (χ1n) is 6.16. The average molecular weight is 260 g/mol. The second kappa shape index (κ2) is 5.60. The summed E-state index contributed by atoms with van der Waals surface area (Å²) in [6.45, 7) is 6.22. The van der Waals surface area contributed by atoms with Crippen molar-refractivity contribution in [1.82, 2.24) is 19.7 Å². The van der Waals surface area contributed by atoms with Crippen LogP contribution in [0.4, 0.5) is 0 Å². The highest BCUT2D eigenvalue weighted by atomic mass is 16.5. The number of nitrogens with zero attached hydrogens (tertiary/aromatic N) is 4. The molecule has 2 aromatic rings. The lowest BCUT2D eigenvalue weighted by Gasteiger charge is -2.05. The van der Waals surface area contributed by atoms with Crippen molar-refractivity contribution in [2.45, 2.75) is 26.7 Å². The lowest BCUT2D eigenvalue weighted by atomic mass is 10.1. The van der Waals surface area contributed by atoms with Crippen molar-refractivity contribution in [3.05, 3.63) is 36.0 Å². The summed E-state index contributed by atoms with van der Waals surface area (Å²) in [7, 11) is 0. The first kappa shape index (κ1) is 13.2. The third-order valence-electron chi connectivity index (χ3n) is 2.59. The van der Waals surface area contributed by atoms with Crippen LogP contribution in [0.2, 0.25) is 0 Å². The molecule has 0 aliphatic rings. The molecule has 6 nitrogen and oxygen atoms in total. The van der Waals surface area contributed by atoms with E-state index in [4.69, 9.17) is 4.74 Å². The molecule has 0 spiro atoms. The molecule has 0 saturated heterocycles. The number of carbonyl (C=O) groups excluding carboxylic acids is 1. The van der Waals surface area contributed by atoms with Gasteiger partial charge in [-0.1, -0.05) is 13.8 Å². The van der Waals surface area contributed by atoms with E-state index in [-0.39, 0.29) is 5.97 Å². The minimum absolute atomic E-state index is 0.307. The molecule has 0 saturated carbocycles. The zero-order valence-corrected chi connectivity index (χ0v) is 11.2. The third kappa shape index (κ3) is 2.96. The fourth-order valence-electron chi connectivity index (χ4n) is 1.57. The lowest BCUT2D eigenvalue weighted by molar-refractivity contribution is 0.0526. The van der Waals surface area contributed by atoms with Crippen LogP contribution in [0.3, 0.4) is 0 Å². The molecule has 0 aliphatic heterocycles. The molecular weight excluding hydrogens is 244 g/mol. The molecular formula is C13H16N4O2. The van der Waals surface area contributed by atoms with Crippen molar-refractivity contribution in [3.63, 3.8) is 0 Å². The Labute approximate surface area is 111 Å². The van der Waals surface area contributed by atoms with Crippen LogP contribution in [-0.2, 0) is 4.74 Å². The maximum absolute atomic E-state index is 11.6. The van der Waals surface area contributed by atoms with Gasteiger partial charge in [0.25, 0.3) is 0 Å². The molecule has 0 fully saturated rings. The molecule has 0 aromatic carbocycles. The summed E-state index contributed by atoms with van der Waals surface area (Å²) >= 11 is 0. The molecule has 0 unspecified atom stereocenters. The number of hydrogen-bond donors (Lipinski definition) is 0. The molecule has 2 heterocycles. The van der Waals surface area contributed by atoms with E-state index in [1.807, 2.05) is 6.07 Å². The van der Waals surface area contributed by atoms with Gasteiger partial charge in [0.05, 0.1) is 18.4 Å². The van der Waals surface area contributed by atoms with Gasteiger partial charge in [0.15, 0.2) is 5.82 Å². The lowest BCUT2D eigenvalue weighted by Crippen LogP contribution is -2.04. The molecule has 100 valence electrons. The van der Waals surface area contributed by atoms with Crippen molar-refractivity contribution < 1.29 is 9.53 Å². The molecule has 0 atom stereocenters. The second-order valence-corrected chi connectivity index (χ2v) is 4.35. The summed E-state index contributed by atoms with van der Waals surface area (Å²) in [5.41, 5.74) is 1.34. The summed E-state index contributed by atoms with van der Waals surface area (Å²) in [5.74, 6) is 0.558. The number of ether oxygens (including phenoxy) is 1. The van der Waals surface area contributed by atoms with Crippen LogP contribution in [0.25, 0.3) is 5.82 Å². The van der Waals surface area contributed by atoms with Gasteiger partial charge in [-0.05, 0) is 12.8 Å². The highest BCUT2D eigenvalue weighted by molar-refractivity contribution is 5.88. The molecule has 0 N–H and O–H groups in total. The van der Waals surface area contributed by atoms with Gasteiger partial charge in [-0.3, -0.25) is 0 Å². The Balaban J connectivity index is 2.27. The standard InChI is InChI=1S/C13H16N4O2/c1-4-19-13(18)10-6-16-17(7-10)12-5-11(9(2)3)14-8-15-12/h5-9H,4H2,1-3H3. The van der Waals surface area contributed by atoms with E-state index in [0.29, 0.717) is 23.9 Å². The van der Waals surface area contributed by atoms with Crippen molar-refractivity contribution in [2.75, 3.05) is 6.61 Å². The van der Waals surface area contributed by atoms with E-state index >= 15 is 0 Å². The van der Waals surface area contributed by atoms with Crippen molar-refractivity contribution in [1.29, 1.82) is 0 Å². The van der Waals surface area contributed by atoms with Gasteiger partial charge in [0.1, 0.15) is 6.33 Å². The average Bonchev–Trinajstić information content (AvgIpc) is 2.89. The smallest absolute Gasteiger partial charge is 0.341 e. The molecule has 0 radical (unpaired) electrons. The second-order valence-electron chi connectivity index (χ2n) is 4.35. The molecule has 2 rings (SSSR count). The SMILES string of the molecule is CCOC(=O)c1cnn(-c2cc(C(C)C)ncn2)c1. The minimum Gasteiger partial charge on any atom is -0.462 e. The summed E-state index contributed by atoms with van der Waals surface area (Å²) in [6.07, 6.45) is 4.57. The van der Waals surface area contributed by atoms with Gasteiger partial charge in [-0.25, -0.2) is 19.4 Å². The Kier molecular flexibility index (Phi) is 3.89. The Morgan fingerprint density at radius 1 is 1.42 bits per heavy atom. The Morgan fingerprint density at radius 2 is 2.21 bits per heavy atom. The van der Waals surface area contributed by atoms with E-state index in [9.17, 15) is 4.79 Å². The van der Waals surface area contributed by atoms with Gasteiger partial charge < -0.3 is 4.74 Å². The molecule has 6 heteroatoms. The maximum atomic E-state index is 11.6. The van der Waals surface area contributed by atoms with Crippen LogP contribution in [0, 0.1) is 0 Å². The zero-order valence-electron chi connectivity index (χ0n) is 11.2. The first-order valence-corrected chi connectivity index (χ1v) is 6.16. The quantitative estimate of drug-likeness (QED) is 0.786. The maximum Gasteiger partial charge on any atom is 0.341 e. The van der Waals surface area contributed by atoms with E-state index < -0.39 is 0 Å². The summed E-state index contributed by atoms with van der Waals surface area (Å²) in [5, 5.41) is 4.12. The number of carbonyl (C=O) groups is 1. The monoisotopic (exact) mass is 260 g/mol. The minimum atomic E-state index is -0.383. The van der Waals surface area contributed by atoms with Gasteiger partial charge in [-0.2, -0.15) is 5.10 Å².